The van der Waals surface area contributed by atoms with Crippen molar-refractivity contribution < 1.29 is 26.6 Å². The van der Waals surface area contributed by atoms with E-state index < -0.39 is 0 Å². The van der Waals surface area contributed by atoms with Crippen molar-refractivity contribution in [1.29, 1.82) is 0 Å². The zero-order valence-electron chi connectivity index (χ0n) is 57.1. The summed E-state index contributed by atoms with van der Waals surface area (Å²) in [7, 11) is 5.98. The van der Waals surface area contributed by atoms with Gasteiger partial charge in [0.15, 0.2) is 17.1 Å². The van der Waals surface area contributed by atoms with Crippen molar-refractivity contribution >= 4 is 32.3 Å². The van der Waals surface area contributed by atoms with Crippen molar-refractivity contribution in [2.75, 3.05) is 0 Å². The number of halogens is 2. The molecule has 13 aromatic rings. The van der Waals surface area contributed by atoms with E-state index in [0.717, 1.165) is 117 Å². The minimum absolute atomic E-state index is 0.140. The highest BCUT2D eigenvalue weighted by Gasteiger charge is 2.27. The van der Waals surface area contributed by atoms with E-state index in [1.165, 1.54) is 38.9 Å². The van der Waals surface area contributed by atoms with Crippen molar-refractivity contribution in [3.8, 4) is 78.3 Å². The van der Waals surface area contributed by atoms with Gasteiger partial charge in [0.05, 0.1) is 31.4 Å². The Balaban J connectivity index is 0.000000142. The highest BCUT2D eigenvalue weighted by atomic mass is 19.1. The number of nitrogens with zero attached hydrogens (tertiary/aromatic N) is 3. The number of aromatic nitrogens is 3. The predicted octanol–water partition coefficient (Wildman–Crippen LogP) is 20.6. The number of benzene rings is 10. The van der Waals surface area contributed by atoms with Gasteiger partial charge in [-0.25, -0.2) is 8.78 Å². The normalized spacial score (nSPS) is 11.7. The van der Waals surface area contributed by atoms with E-state index in [1.54, 1.807) is 0 Å². The first-order chi connectivity index (χ1) is 44.0. The fourth-order valence-electron chi connectivity index (χ4n) is 12.8. The Morgan fingerprint density at radius 2 is 0.674 bits per heavy atom. The van der Waals surface area contributed by atoms with Gasteiger partial charge in [-0.1, -0.05) is 146 Å². The molecule has 0 spiro atoms. The summed E-state index contributed by atoms with van der Waals surface area (Å²) >= 11 is 0. The van der Waals surface area contributed by atoms with E-state index in [1.807, 2.05) is 142 Å². The molecule has 0 bridgehead atoms. The summed E-state index contributed by atoms with van der Waals surface area (Å²) in [5, 5.41) is 5.77. The van der Waals surface area contributed by atoms with Crippen LogP contribution in [0.15, 0.2) is 212 Å². The van der Waals surface area contributed by atoms with Crippen LogP contribution in [0.2, 0.25) is 0 Å². The smallest absolute Gasteiger partial charge is 0.206 e. The minimum atomic E-state index is -0.186. The summed E-state index contributed by atoms with van der Waals surface area (Å²) in [6.45, 7) is 23.9. The molecule has 0 atom stereocenters. The molecule has 0 saturated carbocycles. The zero-order chi connectivity index (χ0) is 65.7. The molecule has 0 aliphatic carbocycles. The maximum absolute atomic E-state index is 15.4. The summed E-state index contributed by atoms with van der Waals surface area (Å²) in [4.78, 5) is 0. The van der Waals surface area contributed by atoms with Crippen molar-refractivity contribution in [1.82, 2.24) is 0 Å². The lowest BCUT2D eigenvalue weighted by atomic mass is 9.91. The predicted molar refractivity (Wildman–Crippen MR) is 370 cm³/mol. The molecule has 0 aliphatic heterocycles. The lowest BCUT2D eigenvalue weighted by molar-refractivity contribution is -0.665. The van der Waals surface area contributed by atoms with Gasteiger partial charge in [-0.05, 0) is 222 Å². The monoisotopic (exact) mass is 1170 g/mol. The van der Waals surface area contributed by atoms with Crippen LogP contribution in [-0.4, -0.2) is 0 Å². The Labute approximate surface area is 529 Å². The van der Waals surface area contributed by atoms with Crippen molar-refractivity contribution in [2.45, 2.75) is 83.1 Å². The van der Waals surface area contributed by atoms with Gasteiger partial charge in [-0.3, -0.25) is 0 Å². The second-order valence-electron chi connectivity index (χ2n) is 24.2. The van der Waals surface area contributed by atoms with Gasteiger partial charge in [0.25, 0.3) is 0 Å². The third kappa shape index (κ3) is 11.8. The summed E-state index contributed by atoms with van der Waals surface area (Å²) in [6, 6.07) is 68.4. The highest BCUT2D eigenvalue weighted by Crippen LogP contribution is 2.39. The number of hydrogen-bond acceptors (Lipinski definition) is 0. The van der Waals surface area contributed by atoms with Crippen LogP contribution in [0.4, 0.5) is 8.78 Å². The average molecular weight is 1170 g/mol. The molecule has 0 N–H and O–H groups in total. The second-order valence-corrected chi connectivity index (χ2v) is 24.2. The number of hydrogen-bond donors (Lipinski definition) is 0. The minimum Gasteiger partial charge on any atom is -0.206 e. The van der Waals surface area contributed by atoms with E-state index in [0.29, 0.717) is 40.4 Å². The molecule has 3 aromatic heterocycles. The van der Waals surface area contributed by atoms with Crippen molar-refractivity contribution in [2.24, 2.45) is 21.1 Å². The van der Waals surface area contributed by atoms with Gasteiger partial charge in [0, 0.05) is 44.5 Å². The van der Waals surface area contributed by atoms with Gasteiger partial charge in [-0.2, -0.15) is 13.7 Å². The molecule has 442 valence electrons. The number of aryl methyl sites for hydroxylation is 6. The highest BCUT2D eigenvalue weighted by molar-refractivity contribution is 5.99. The van der Waals surface area contributed by atoms with Gasteiger partial charge in [-0.15, -0.1) is 0 Å². The molecule has 0 amide bonds. The Hall–Kier alpha value is -9.71. The van der Waals surface area contributed by atoms with Crippen LogP contribution in [0.1, 0.15) is 71.3 Å². The summed E-state index contributed by atoms with van der Waals surface area (Å²) in [5.41, 5.74) is 26.6. The SMILES string of the molecule is [2H]c1c(C)[n+](C)c(-c2c(C)c(C)cc(C)c2F)c2ccc(-c3ccccc3)cc12.[2H]c1c(C)[n+](C)c(-c2cc(C)c(F)c(C)c2C)c2ccc(-c3ccccc3)cc12.[2H]c1c(C)[n+](C)c(-c2ccc(-c3c(C)cccc3C)cc2C)c2ccc(-c3ccccc3)cc12. The second kappa shape index (κ2) is 25.2. The fraction of sp³-hybridized carbons (Fsp3) is 0.179. The molecule has 5 heteroatoms. The Morgan fingerprint density at radius 3 is 1.11 bits per heavy atom. The van der Waals surface area contributed by atoms with Crippen molar-refractivity contribution in [3.05, 3.63) is 291 Å². The molecular weight excluding hydrogens is 1090 g/mol. The lowest BCUT2D eigenvalue weighted by Crippen LogP contribution is -2.35. The Bertz CT molecular complexity index is 5030. The van der Waals surface area contributed by atoms with Gasteiger partial charge < -0.3 is 0 Å². The average Bonchev–Trinajstić information content (AvgIpc) is 0.764. The van der Waals surface area contributed by atoms with E-state index in [-0.39, 0.29) is 11.6 Å². The van der Waals surface area contributed by atoms with Gasteiger partial charge in [0.1, 0.15) is 32.8 Å². The molecule has 13 rings (SSSR count). The summed E-state index contributed by atoms with van der Waals surface area (Å²) in [6.07, 6.45) is 0. The molecule has 0 aliphatic rings. The first-order valence-electron chi connectivity index (χ1n) is 32.1. The van der Waals surface area contributed by atoms with E-state index in [9.17, 15) is 4.39 Å². The van der Waals surface area contributed by atoms with E-state index in [2.05, 4.69) is 170 Å². The number of rotatable bonds is 7. The van der Waals surface area contributed by atoms with Crippen LogP contribution in [0.25, 0.3) is 111 Å². The molecule has 3 nitrogen and oxygen atoms in total. The zero-order valence-corrected chi connectivity index (χ0v) is 54.1. The summed E-state index contributed by atoms with van der Waals surface area (Å²) < 4.78 is 62.3. The fourth-order valence-corrected chi connectivity index (χ4v) is 12.8. The quantitative estimate of drug-likeness (QED) is 0.141. The van der Waals surface area contributed by atoms with Crippen molar-refractivity contribution in [3.63, 3.8) is 0 Å². The Kier molecular flexibility index (Phi) is 16.1. The van der Waals surface area contributed by atoms with Crippen LogP contribution in [0.5, 0.6) is 0 Å². The molecule has 0 saturated heterocycles. The molecule has 0 radical (unpaired) electrons. The molecule has 3 heterocycles. The molecule has 0 fully saturated rings. The van der Waals surface area contributed by atoms with Crippen LogP contribution in [-0.2, 0) is 21.1 Å². The van der Waals surface area contributed by atoms with Gasteiger partial charge >= 0.3 is 0 Å². The van der Waals surface area contributed by atoms with Crippen LogP contribution < -0.4 is 13.7 Å². The van der Waals surface area contributed by atoms with Crippen LogP contribution >= 0.6 is 0 Å². The van der Waals surface area contributed by atoms with Gasteiger partial charge in [0.2, 0.25) is 17.1 Å². The molecule has 10 aromatic carbocycles. The first kappa shape index (κ1) is 57.1. The topological polar surface area (TPSA) is 11.6 Å². The van der Waals surface area contributed by atoms with E-state index in [4.69, 9.17) is 4.11 Å². The molecule has 89 heavy (non-hydrogen) atoms. The Morgan fingerprint density at radius 1 is 0.281 bits per heavy atom. The lowest BCUT2D eigenvalue weighted by Gasteiger charge is -2.14. The van der Waals surface area contributed by atoms with E-state index >= 15 is 4.39 Å². The first-order valence-corrected chi connectivity index (χ1v) is 30.6. The maximum Gasteiger partial charge on any atom is 0.223 e. The molecule has 0 unspecified atom stereocenters. The standard InChI is InChI=1S/C32H30N.2C26H25FN/c1-21-10-9-11-22(2)31(21)27-15-16-29(23(3)18-27)32-30-17-14-26(25-12-7-6-8-13-25)20-28(30)19-24(4)33(32)5;1-16-13-24(18(3)19(4)25(16)27)26-23-12-11-21(20-9-7-6-8-10-20)15-22(23)14-17(2)28(26)5;1-16-13-17(2)25(27)24(19(16)4)26-23-12-11-21(20-9-7-6-8-10-20)15-22(23)14-18(3)28(26)5/h6-20H,1-5H3;2*6-15H,1-5H3/q3*+1/i19D;2*14D. The third-order valence-corrected chi connectivity index (χ3v) is 18.3. The maximum atomic E-state index is 15.4. The molecular formula is C84H80F2N3+3. The largest absolute Gasteiger partial charge is 0.223 e. The number of pyridine rings is 3. The van der Waals surface area contributed by atoms with Crippen LogP contribution in [0, 0.1) is 94.7 Å². The summed E-state index contributed by atoms with van der Waals surface area (Å²) in [5.74, 6) is -0.326. The number of fused-ring (bicyclic) bond motifs is 3. The van der Waals surface area contributed by atoms with Crippen LogP contribution in [0.3, 0.4) is 0 Å². The third-order valence-electron chi connectivity index (χ3n) is 18.3.